The van der Waals surface area contributed by atoms with E-state index in [4.69, 9.17) is 0 Å². The fourth-order valence-electron chi connectivity index (χ4n) is 2.25. The minimum Gasteiger partial charge on any atom is -0.303 e. The zero-order chi connectivity index (χ0) is 10.6. The number of aldehydes is 1. The van der Waals surface area contributed by atoms with E-state index < -0.39 is 0 Å². The Hall–Kier alpha value is -0.660. The quantitative estimate of drug-likeness (QED) is 0.648. The lowest BCUT2D eigenvalue weighted by Crippen LogP contribution is -2.26. The van der Waals surface area contributed by atoms with Crippen LogP contribution >= 0.6 is 0 Å². The molecule has 0 amide bonds. The second-order valence-corrected chi connectivity index (χ2v) is 5.15. The van der Waals surface area contributed by atoms with E-state index in [-0.39, 0.29) is 11.3 Å². The molecule has 0 spiro atoms. The summed E-state index contributed by atoms with van der Waals surface area (Å²) < 4.78 is 0. The molecule has 0 aromatic carbocycles. The summed E-state index contributed by atoms with van der Waals surface area (Å²) in [6.07, 6.45) is 6.43. The van der Waals surface area contributed by atoms with Crippen molar-refractivity contribution in [1.82, 2.24) is 0 Å². The molecule has 0 aromatic rings. The van der Waals surface area contributed by atoms with Gasteiger partial charge in [-0.3, -0.25) is 4.79 Å². The number of carbonyl (C=O) groups excluding carboxylic acids is 2. The van der Waals surface area contributed by atoms with Gasteiger partial charge in [0.2, 0.25) is 0 Å². The molecule has 0 N–H and O–H groups in total. The van der Waals surface area contributed by atoms with Gasteiger partial charge in [-0.2, -0.15) is 0 Å². The molecule has 2 heteroatoms. The molecule has 0 aromatic heterocycles. The van der Waals surface area contributed by atoms with Crippen molar-refractivity contribution >= 4 is 12.1 Å². The average molecular weight is 196 g/mol. The van der Waals surface area contributed by atoms with Crippen LogP contribution in [0.4, 0.5) is 0 Å². The summed E-state index contributed by atoms with van der Waals surface area (Å²) in [6.45, 7) is 4.15. The topological polar surface area (TPSA) is 34.1 Å². The Balaban J connectivity index is 2.48. The maximum Gasteiger partial charge on any atom is 0.135 e. The van der Waals surface area contributed by atoms with Crippen LogP contribution in [-0.2, 0) is 9.59 Å². The highest BCUT2D eigenvalue weighted by Crippen LogP contribution is 2.34. The first-order valence-electron chi connectivity index (χ1n) is 5.51. The van der Waals surface area contributed by atoms with Crippen molar-refractivity contribution in [3.05, 3.63) is 0 Å². The van der Waals surface area contributed by atoms with Crippen LogP contribution in [0.25, 0.3) is 0 Å². The number of hydrogen-bond donors (Lipinski definition) is 0. The maximum absolute atomic E-state index is 11.6. The summed E-state index contributed by atoms with van der Waals surface area (Å²) in [7, 11) is 0. The fourth-order valence-corrected chi connectivity index (χ4v) is 2.25. The highest BCUT2D eigenvalue weighted by atomic mass is 16.1. The van der Waals surface area contributed by atoms with Gasteiger partial charge in [-0.05, 0) is 24.7 Å². The zero-order valence-corrected chi connectivity index (χ0v) is 9.21. The van der Waals surface area contributed by atoms with Gasteiger partial charge in [-0.25, -0.2) is 0 Å². The number of hydrogen-bond acceptors (Lipinski definition) is 2. The van der Waals surface area contributed by atoms with Gasteiger partial charge in [0.25, 0.3) is 0 Å². The number of rotatable bonds is 4. The molecule has 1 unspecified atom stereocenters. The summed E-state index contributed by atoms with van der Waals surface area (Å²) >= 11 is 0. The Morgan fingerprint density at radius 3 is 2.71 bits per heavy atom. The van der Waals surface area contributed by atoms with Crippen molar-refractivity contribution in [3.8, 4) is 0 Å². The Kier molecular flexibility index (Phi) is 3.85. The van der Waals surface area contributed by atoms with Crippen LogP contribution in [0.5, 0.6) is 0 Å². The minimum atomic E-state index is -0.000579. The average Bonchev–Trinajstić information content (AvgIpc) is 2.08. The van der Waals surface area contributed by atoms with Crippen molar-refractivity contribution in [3.63, 3.8) is 0 Å². The van der Waals surface area contributed by atoms with E-state index in [0.717, 1.165) is 32.0 Å². The number of Topliss-reactive ketones (excluding diaryl/α,β-unsaturated/α-hetero) is 1. The summed E-state index contributed by atoms with van der Waals surface area (Å²) in [6, 6.07) is 0. The summed E-state index contributed by atoms with van der Waals surface area (Å²) in [4.78, 5) is 22.0. The highest BCUT2D eigenvalue weighted by molar-refractivity contribution is 5.81. The van der Waals surface area contributed by atoms with Crippen LogP contribution in [0.3, 0.4) is 0 Å². The smallest absolute Gasteiger partial charge is 0.135 e. The Bertz CT molecular complexity index is 218. The van der Waals surface area contributed by atoms with E-state index >= 15 is 0 Å². The molecule has 2 nitrogen and oxygen atoms in total. The van der Waals surface area contributed by atoms with E-state index in [1.54, 1.807) is 0 Å². The van der Waals surface area contributed by atoms with Crippen LogP contribution in [0.1, 0.15) is 52.4 Å². The van der Waals surface area contributed by atoms with Crippen LogP contribution in [0.15, 0.2) is 0 Å². The Morgan fingerprint density at radius 1 is 1.43 bits per heavy atom. The first kappa shape index (κ1) is 11.4. The van der Waals surface area contributed by atoms with Gasteiger partial charge in [0, 0.05) is 18.8 Å². The number of ketones is 1. The normalized spacial score (nSPS) is 23.6. The highest BCUT2D eigenvalue weighted by Gasteiger charge is 2.29. The van der Waals surface area contributed by atoms with Gasteiger partial charge in [0.15, 0.2) is 0 Å². The van der Waals surface area contributed by atoms with Crippen molar-refractivity contribution in [2.24, 2.45) is 11.3 Å². The molecule has 0 aliphatic heterocycles. The van der Waals surface area contributed by atoms with Crippen molar-refractivity contribution in [1.29, 1.82) is 0 Å². The SMILES string of the molecule is CC(C)(CC=O)CC1CCCCC1=O. The molecule has 1 saturated carbocycles. The third kappa shape index (κ3) is 3.24. The standard InChI is InChI=1S/C12H20O2/c1-12(2,7-8-13)9-10-5-3-4-6-11(10)14/h8,10H,3-7,9H2,1-2H3. The molecule has 1 aliphatic carbocycles. The van der Waals surface area contributed by atoms with Gasteiger partial charge >= 0.3 is 0 Å². The third-order valence-corrected chi connectivity index (χ3v) is 3.12. The molecule has 1 atom stereocenters. The molecule has 1 fully saturated rings. The van der Waals surface area contributed by atoms with Crippen molar-refractivity contribution in [2.45, 2.75) is 52.4 Å². The van der Waals surface area contributed by atoms with Crippen LogP contribution in [0, 0.1) is 11.3 Å². The van der Waals surface area contributed by atoms with E-state index in [1.165, 1.54) is 6.42 Å². The lowest BCUT2D eigenvalue weighted by molar-refractivity contribution is -0.126. The largest absolute Gasteiger partial charge is 0.303 e. The zero-order valence-electron chi connectivity index (χ0n) is 9.21. The molecule has 80 valence electrons. The molecular weight excluding hydrogens is 176 g/mol. The molecule has 1 aliphatic rings. The van der Waals surface area contributed by atoms with E-state index in [0.29, 0.717) is 12.2 Å². The molecule has 14 heavy (non-hydrogen) atoms. The lowest BCUT2D eigenvalue weighted by Gasteiger charge is -2.29. The predicted molar refractivity (Wildman–Crippen MR) is 56.0 cm³/mol. The van der Waals surface area contributed by atoms with E-state index in [2.05, 4.69) is 13.8 Å². The molecule has 0 radical (unpaired) electrons. The van der Waals surface area contributed by atoms with Gasteiger partial charge in [0.05, 0.1) is 0 Å². The lowest BCUT2D eigenvalue weighted by atomic mass is 9.75. The number of carbonyl (C=O) groups is 2. The van der Waals surface area contributed by atoms with Gasteiger partial charge in [-0.1, -0.05) is 20.3 Å². The van der Waals surface area contributed by atoms with Gasteiger partial charge in [0.1, 0.15) is 12.1 Å². The van der Waals surface area contributed by atoms with E-state index in [1.807, 2.05) is 0 Å². The first-order valence-corrected chi connectivity index (χ1v) is 5.51. The first-order chi connectivity index (χ1) is 6.55. The summed E-state index contributed by atoms with van der Waals surface area (Å²) in [5.74, 6) is 0.633. The second-order valence-electron chi connectivity index (χ2n) is 5.15. The van der Waals surface area contributed by atoms with Crippen LogP contribution < -0.4 is 0 Å². The fraction of sp³-hybridized carbons (Fsp3) is 0.833. The third-order valence-electron chi connectivity index (χ3n) is 3.12. The Labute approximate surface area is 86.1 Å². The van der Waals surface area contributed by atoms with Crippen LogP contribution in [0.2, 0.25) is 0 Å². The van der Waals surface area contributed by atoms with Gasteiger partial charge in [-0.15, -0.1) is 0 Å². The minimum absolute atomic E-state index is 0.000579. The monoisotopic (exact) mass is 196 g/mol. The van der Waals surface area contributed by atoms with Gasteiger partial charge < -0.3 is 4.79 Å². The molecule has 0 heterocycles. The van der Waals surface area contributed by atoms with Crippen LogP contribution in [-0.4, -0.2) is 12.1 Å². The molecule has 1 rings (SSSR count). The van der Waals surface area contributed by atoms with Crippen molar-refractivity contribution in [2.75, 3.05) is 0 Å². The predicted octanol–water partition coefficient (Wildman–Crippen LogP) is 2.75. The van der Waals surface area contributed by atoms with E-state index in [9.17, 15) is 9.59 Å². The summed E-state index contributed by atoms with van der Waals surface area (Å²) in [5.41, 5.74) is -0.000579. The Morgan fingerprint density at radius 2 is 2.14 bits per heavy atom. The maximum atomic E-state index is 11.6. The molecule has 0 bridgehead atoms. The molecular formula is C12H20O2. The van der Waals surface area contributed by atoms with Crippen molar-refractivity contribution < 1.29 is 9.59 Å². The summed E-state index contributed by atoms with van der Waals surface area (Å²) in [5, 5.41) is 0. The second kappa shape index (κ2) is 4.72. The molecule has 0 saturated heterocycles.